The lowest BCUT2D eigenvalue weighted by molar-refractivity contribution is 0.102. The summed E-state index contributed by atoms with van der Waals surface area (Å²) in [4.78, 5) is 16.5. The number of pyridine rings is 1. The molecule has 1 aromatic carbocycles. The molecule has 0 bridgehead atoms. The molecule has 2 N–H and O–H groups in total. The number of hydrogen-bond donors (Lipinski definition) is 2. The van der Waals surface area contributed by atoms with Gasteiger partial charge in [-0.1, -0.05) is 11.6 Å². The molecule has 0 spiro atoms. The lowest BCUT2D eigenvalue weighted by Gasteiger charge is -2.13. The van der Waals surface area contributed by atoms with Gasteiger partial charge in [0.25, 0.3) is 5.91 Å². The van der Waals surface area contributed by atoms with Crippen molar-refractivity contribution in [1.29, 1.82) is 0 Å². The van der Waals surface area contributed by atoms with Crippen LogP contribution in [0.5, 0.6) is 5.75 Å². The van der Waals surface area contributed by atoms with Crippen molar-refractivity contribution in [2.45, 2.75) is 6.92 Å². The van der Waals surface area contributed by atoms with Crippen LogP contribution < -0.4 is 15.4 Å². The van der Waals surface area contributed by atoms with E-state index >= 15 is 0 Å². The number of carbonyl (C=O) groups is 1. The summed E-state index contributed by atoms with van der Waals surface area (Å²) in [7, 11) is 3.29. The molecule has 1 amide bonds. The summed E-state index contributed by atoms with van der Waals surface area (Å²) in [5.74, 6) is 0.256. The zero-order valence-electron chi connectivity index (χ0n) is 12.0. The van der Waals surface area contributed by atoms with E-state index in [2.05, 4.69) is 15.6 Å². The molecule has 0 unspecified atom stereocenters. The van der Waals surface area contributed by atoms with Gasteiger partial charge in [0.05, 0.1) is 24.0 Å². The number of halogens is 1. The highest BCUT2D eigenvalue weighted by molar-refractivity contribution is 6.31. The van der Waals surface area contributed by atoms with E-state index in [1.54, 1.807) is 25.2 Å². The lowest BCUT2D eigenvalue weighted by Crippen LogP contribution is -2.15. The third kappa shape index (κ3) is 3.44. The molecule has 0 aliphatic rings. The van der Waals surface area contributed by atoms with Crippen LogP contribution in [0.4, 0.5) is 11.4 Å². The SMILES string of the molecule is CNc1cc(C)ncc1C(=O)Nc1cc(Cl)ccc1OC. The Morgan fingerprint density at radius 3 is 2.71 bits per heavy atom. The Bertz CT molecular complexity index is 674. The fourth-order valence-corrected chi connectivity index (χ4v) is 2.09. The number of ether oxygens (including phenoxy) is 1. The van der Waals surface area contributed by atoms with Crippen LogP contribution in [0, 0.1) is 6.92 Å². The molecular weight excluding hydrogens is 290 g/mol. The van der Waals surface area contributed by atoms with Crippen LogP contribution in [-0.2, 0) is 0 Å². The number of amides is 1. The number of carbonyl (C=O) groups excluding carboxylic acids is 1. The number of rotatable bonds is 4. The van der Waals surface area contributed by atoms with Gasteiger partial charge in [-0.15, -0.1) is 0 Å². The Kier molecular flexibility index (Phi) is 4.65. The van der Waals surface area contributed by atoms with Gasteiger partial charge >= 0.3 is 0 Å². The Balaban J connectivity index is 2.32. The van der Waals surface area contributed by atoms with Crippen LogP contribution in [0.25, 0.3) is 0 Å². The van der Waals surface area contributed by atoms with E-state index in [1.165, 1.54) is 13.3 Å². The van der Waals surface area contributed by atoms with Gasteiger partial charge in [-0.05, 0) is 31.2 Å². The Morgan fingerprint density at radius 1 is 1.29 bits per heavy atom. The van der Waals surface area contributed by atoms with E-state index in [0.717, 1.165) is 5.69 Å². The molecule has 0 fully saturated rings. The third-order valence-electron chi connectivity index (χ3n) is 2.96. The highest BCUT2D eigenvalue weighted by Crippen LogP contribution is 2.28. The number of nitrogens with one attached hydrogen (secondary N) is 2. The first-order valence-electron chi connectivity index (χ1n) is 6.34. The zero-order chi connectivity index (χ0) is 15.4. The summed E-state index contributed by atoms with van der Waals surface area (Å²) in [5, 5.41) is 6.29. The normalized spacial score (nSPS) is 10.1. The molecule has 110 valence electrons. The van der Waals surface area contributed by atoms with Gasteiger partial charge in [0, 0.05) is 24.0 Å². The maximum absolute atomic E-state index is 12.4. The molecule has 0 aliphatic carbocycles. The molecule has 1 heterocycles. The minimum absolute atomic E-state index is 0.285. The first-order valence-corrected chi connectivity index (χ1v) is 6.72. The van der Waals surface area contributed by atoms with Crippen LogP contribution in [0.3, 0.4) is 0 Å². The molecule has 6 heteroatoms. The predicted molar refractivity (Wildman–Crippen MR) is 84.5 cm³/mol. The van der Waals surface area contributed by atoms with E-state index in [0.29, 0.717) is 27.7 Å². The number of nitrogens with zero attached hydrogens (tertiary/aromatic N) is 1. The van der Waals surface area contributed by atoms with Crippen molar-refractivity contribution in [3.05, 3.63) is 46.7 Å². The van der Waals surface area contributed by atoms with Crippen molar-refractivity contribution in [2.75, 3.05) is 24.8 Å². The topological polar surface area (TPSA) is 63.2 Å². The molecule has 21 heavy (non-hydrogen) atoms. The second-order valence-electron chi connectivity index (χ2n) is 4.42. The summed E-state index contributed by atoms with van der Waals surface area (Å²) < 4.78 is 5.21. The van der Waals surface area contributed by atoms with Crippen molar-refractivity contribution >= 4 is 28.9 Å². The van der Waals surface area contributed by atoms with E-state index < -0.39 is 0 Å². The van der Waals surface area contributed by atoms with Gasteiger partial charge in [0.1, 0.15) is 5.75 Å². The van der Waals surface area contributed by atoms with E-state index in [1.807, 2.05) is 13.0 Å². The summed E-state index contributed by atoms with van der Waals surface area (Å²) in [6, 6.07) is 6.84. The van der Waals surface area contributed by atoms with Crippen LogP contribution >= 0.6 is 11.6 Å². The average Bonchev–Trinajstić information content (AvgIpc) is 2.47. The molecule has 5 nitrogen and oxygen atoms in total. The quantitative estimate of drug-likeness (QED) is 0.909. The summed E-state index contributed by atoms with van der Waals surface area (Å²) >= 11 is 5.95. The highest BCUT2D eigenvalue weighted by Gasteiger charge is 2.14. The molecule has 0 radical (unpaired) electrons. The van der Waals surface area contributed by atoms with Crippen LogP contribution in [0.15, 0.2) is 30.5 Å². The average molecular weight is 306 g/mol. The Hall–Kier alpha value is -2.27. The van der Waals surface area contributed by atoms with Crippen molar-refractivity contribution in [3.8, 4) is 5.75 Å². The third-order valence-corrected chi connectivity index (χ3v) is 3.20. The van der Waals surface area contributed by atoms with Crippen LogP contribution in [0.1, 0.15) is 16.1 Å². The van der Waals surface area contributed by atoms with Crippen molar-refractivity contribution in [3.63, 3.8) is 0 Å². The van der Waals surface area contributed by atoms with Gasteiger partial charge in [0.2, 0.25) is 0 Å². The molecule has 0 saturated heterocycles. The number of hydrogen-bond acceptors (Lipinski definition) is 4. The molecule has 0 atom stereocenters. The minimum Gasteiger partial charge on any atom is -0.495 e. The fourth-order valence-electron chi connectivity index (χ4n) is 1.92. The summed E-state index contributed by atoms with van der Waals surface area (Å²) in [5.41, 5.74) is 2.50. The van der Waals surface area contributed by atoms with Crippen LogP contribution in [0.2, 0.25) is 5.02 Å². The van der Waals surface area contributed by atoms with Gasteiger partial charge < -0.3 is 15.4 Å². The first-order chi connectivity index (χ1) is 10.0. The van der Waals surface area contributed by atoms with Gasteiger partial charge in [0.15, 0.2) is 0 Å². The molecule has 2 rings (SSSR count). The van der Waals surface area contributed by atoms with Crippen molar-refractivity contribution in [2.24, 2.45) is 0 Å². The zero-order valence-corrected chi connectivity index (χ0v) is 12.8. The summed E-state index contributed by atoms with van der Waals surface area (Å²) in [6.07, 6.45) is 1.54. The highest BCUT2D eigenvalue weighted by atomic mass is 35.5. The fraction of sp³-hybridized carbons (Fsp3) is 0.200. The van der Waals surface area contributed by atoms with Gasteiger partial charge in [-0.25, -0.2) is 0 Å². The molecule has 1 aromatic heterocycles. The van der Waals surface area contributed by atoms with E-state index in [4.69, 9.17) is 16.3 Å². The molecule has 0 saturated carbocycles. The minimum atomic E-state index is -0.285. The van der Waals surface area contributed by atoms with E-state index in [-0.39, 0.29) is 5.91 Å². The maximum Gasteiger partial charge on any atom is 0.259 e. The van der Waals surface area contributed by atoms with E-state index in [9.17, 15) is 4.79 Å². The number of aromatic nitrogens is 1. The first kappa shape index (κ1) is 15.1. The summed E-state index contributed by atoms with van der Waals surface area (Å²) in [6.45, 7) is 1.86. The predicted octanol–water partition coefficient (Wildman–Crippen LogP) is 3.35. The number of methoxy groups -OCH3 is 1. The molecule has 2 aromatic rings. The monoisotopic (exact) mass is 305 g/mol. The van der Waals surface area contributed by atoms with Crippen molar-refractivity contribution < 1.29 is 9.53 Å². The standard InChI is InChI=1S/C15H16ClN3O2/c1-9-6-12(17-2)11(8-18-9)15(20)19-13-7-10(16)4-5-14(13)21-3/h4-8H,1-3H3,(H,17,18)(H,19,20). The molecular formula is C15H16ClN3O2. The smallest absolute Gasteiger partial charge is 0.259 e. The Labute approximate surface area is 128 Å². The second kappa shape index (κ2) is 6.45. The maximum atomic E-state index is 12.4. The van der Waals surface area contributed by atoms with Gasteiger partial charge in [-0.3, -0.25) is 9.78 Å². The lowest BCUT2D eigenvalue weighted by atomic mass is 10.2. The second-order valence-corrected chi connectivity index (χ2v) is 4.86. The van der Waals surface area contributed by atoms with Crippen LogP contribution in [-0.4, -0.2) is 25.0 Å². The van der Waals surface area contributed by atoms with Gasteiger partial charge in [-0.2, -0.15) is 0 Å². The number of anilines is 2. The number of aryl methyl sites for hydroxylation is 1. The molecule has 0 aliphatic heterocycles. The number of benzene rings is 1. The largest absolute Gasteiger partial charge is 0.495 e. The Morgan fingerprint density at radius 2 is 2.05 bits per heavy atom. The van der Waals surface area contributed by atoms with Crippen molar-refractivity contribution in [1.82, 2.24) is 4.98 Å².